The van der Waals surface area contributed by atoms with E-state index in [0.29, 0.717) is 23.2 Å². The minimum Gasteiger partial charge on any atom is -0.493 e. The predicted octanol–water partition coefficient (Wildman–Crippen LogP) is 4.11. The first-order valence-corrected chi connectivity index (χ1v) is 8.02. The van der Waals surface area contributed by atoms with Gasteiger partial charge in [-0.3, -0.25) is 0 Å². The largest absolute Gasteiger partial charge is 0.493 e. The molecule has 24 heavy (non-hydrogen) atoms. The normalized spacial score (nSPS) is 10.4. The van der Waals surface area contributed by atoms with E-state index in [1.165, 1.54) is 12.1 Å². The molecule has 0 heterocycles. The summed E-state index contributed by atoms with van der Waals surface area (Å²) in [4.78, 5) is 0. The molecule has 0 fully saturated rings. The Morgan fingerprint density at radius 3 is 2.46 bits per heavy atom. The number of hydrogen-bond donors (Lipinski definition) is 2. The van der Waals surface area contributed by atoms with Crippen LogP contribution in [0.15, 0.2) is 42.5 Å². The topological polar surface area (TPSA) is 42.5 Å². The van der Waals surface area contributed by atoms with E-state index in [9.17, 15) is 4.39 Å². The second kappa shape index (κ2) is 8.49. The van der Waals surface area contributed by atoms with Crippen molar-refractivity contribution in [1.82, 2.24) is 5.32 Å². The molecule has 2 rings (SSSR count). The van der Waals surface area contributed by atoms with Crippen LogP contribution in [0.2, 0.25) is 0 Å². The molecule has 0 aliphatic rings. The lowest BCUT2D eigenvalue weighted by Gasteiger charge is -2.15. The highest BCUT2D eigenvalue weighted by atomic mass is 32.1. The van der Waals surface area contributed by atoms with E-state index < -0.39 is 0 Å². The van der Waals surface area contributed by atoms with Gasteiger partial charge in [-0.15, -0.1) is 0 Å². The van der Waals surface area contributed by atoms with Gasteiger partial charge in [-0.25, -0.2) is 4.39 Å². The Kier molecular flexibility index (Phi) is 6.37. The molecule has 0 radical (unpaired) electrons. The summed E-state index contributed by atoms with van der Waals surface area (Å²) in [6.45, 7) is 4.47. The second-order valence-electron chi connectivity index (χ2n) is 5.47. The van der Waals surface area contributed by atoms with Gasteiger partial charge in [0.15, 0.2) is 16.6 Å². The van der Waals surface area contributed by atoms with Crippen molar-refractivity contribution in [1.29, 1.82) is 0 Å². The Balaban J connectivity index is 1.93. The van der Waals surface area contributed by atoms with Crippen LogP contribution in [-0.4, -0.2) is 18.3 Å². The third-order valence-corrected chi connectivity index (χ3v) is 3.39. The molecule has 0 amide bonds. The molecule has 0 unspecified atom stereocenters. The number of hydrogen-bond acceptors (Lipinski definition) is 3. The van der Waals surface area contributed by atoms with Crippen LogP contribution in [0.1, 0.15) is 19.4 Å². The molecule has 2 N–H and O–H groups in total. The van der Waals surface area contributed by atoms with Crippen molar-refractivity contribution in [2.24, 2.45) is 0 Å². The van der Waals surface area contributed by atoms with Gasteiger partial charge in [0.25, 0.3) is 0 Å². The van der Waals surface area contributed by atoms with Crippen molar-refractivity contribution in [3.8, 4) is 11.5 Å². The summed E-state index contributed by atoms with van der Waals surface area (Å²) >= 11 is 5.24. The van der Waals surface area contributed by atoms with Crippen LogP contribution < -0.4 is 20.1 Å². The van der Waals surface area contributed by atoms with Crippen LogP contribution in [0.5, 0.6) is 11.5 Å². The molecule has 0 atom stereocenters. The maximum absolute atomic E-state index is 12.9. The van der Waals surface area contributed by atoms with Crippen molar-refractivity contribution in [3.63, 3.8) is 0 Å². The Morgan fingerprint density at radius 2 is 1.83 bits per heavy atom. The molecule has 128 valence electrons. The lowest BCUT2D eigenvalue weighted by molar-refractivity contribution is 0.230. The van der Waals surface area contributed by atoms with E-state index in [0.717, 1.165) is 11.3 Å². The molecular weight excluding hydrogens is 327 g/mol. The van der Waals surface area contributed by atoms with Crippen LogP contribution >= 0.6 is 12.2 Å². The second-order valence-corrected chi connectivity index (χ2v) is 5.87. The molecule has 0 spiro atoms. The average Bonchev–Trinajstić information content (AvgIpc) is 2.55. The van der Waals surface area contributed by atoms with Crippen LogP contribution in [-0.2, 0) is 6.54 Å². The lowest BCUT2D eigenvalue weighted by atomic mass is 10.2. The molecule has 0 saturated carbocycles. The molecule has 0 bridgehead atoms. The average molecular weight is 348 g/mol. The molecular formula is C18H21FN2O2S. The van der Waals surface area contributed by atoms with Gasteiger partial charge in [-0.05, 0) is 68.0 Å². The molecule has 2 aromatic rings. The Morgan fingerprint density at radius 1 is 1.12 bits per heavy atom. The molecule has 4 nitrogen and oxygen atoms in total. The van der Waals surface area contributed by atoms with Crippen molar-refractivity contribution in [2.45, 2.75) is 26.5 Å². The van der Waals surface area contributed by atoms with E-state index >= 15 is 0 Å². The zero-order valence-electron chi connectivity index (χ0n) is 13.9. The van der Waals surface area contributed by atoms with Gasteiger partial charge in [0.1, 0.15) is 5.82 Å². The zero-order chi connectivity index (χ0) is 17.5. The summed E-state index contributed by atoms with van der Waals surface area (Å²) < 4.78 is 23.9. The third-order valence-electron chi connectivity index (χ3n) is 3.15. The highest BCUT2D eigenvalue weighted by Gasteiger charge is 2.08. The minimum atomic E-state index is -0.282. The van der Waals surface area contributed by atoms with E-state index in [1.807, 2.05) is 32.0 Å². The number of anilines is 1. The van der Waals surface area contributed by atoms with Crippen molar-refractivity contribution in [2.75, 3.05) is 12.4 Å². The van der Waals surface area contributed by atoms with Gasteiger partial charge in [-0.2, -0.15) is 0 Å². The summed E-state index contributed by atoms with van der Waals surface area (Å²) in [6.07, 6.45) is 0.0790. The summed E-state index contributed by atoms with van der Waals surface area (Å²) in [5.41, 5.74) is 1.73. The summed E-state index contributed by atoms with van der Waals surface area (Å²) in [5, 5.41) is 6.57. The first-order chi connectivity index (χ1) is 11.5. The fraction of sp³-hybridized carbons (Fsp3) is 0.278. The SMILES string of the molecule is COc1cc(CNC(=S)Nc2ccc(F)cc2)ccc1OC(C)C. The minimum absolute atomic E-state index is 0.0790. The molecule has 2 aromatic carbocycles. The van der Waals surface area contributed by atoms with Gasteiger partial charge in [-0.1, -0.05) is 6.07 Å². The maximum atomic E-state index is 12.9. The molecule has 6 heteroatoms. The Hall–Kier alpha value is -2.34. The van der Waals surface area contributed by atoms with Gasteiger partial charge in [0.2, 0.25) is 0 Å². The fourth-order valence-corrected chi connectivity index (χ4v) is 2.25. The summed E-state index contributed by atoms with van der Waals surface area (Å²) in [5.74, 6) is 1.11. The van der Waals surface area contributed by atoms with Crippen molar-refractivity contribution < 1.29 is 13.9 Å². The number of benzene rings is 2. The van der Waals surface area contributed by atoms with Gasteiger partial charge in [0.05, 0.1) is 13.2 Å². The fourth-order valence-electron chi connectivity index (χ4n) is 2.06. The van der Waals surface area contributed by atoms with Crippen LogP contribution in [0.3, 0.4) is 0 Å². The van der Waals surface area contributed by atoms with Crippen molar-refractivity contribution in [3.05, 3.63) is 53.8 Å². The number of ether oxygens (including phenoxy) is 2. The summed E-state index contributed by atoms with van der Waals surface area (Å²) in [7, 11) is 1.61. The van der Waals surface area contributed by atoms with Gasteiger partial charge in [0, 0.05) is 12.2 Å². The smallest absolute Gasteiger partial charge is 0.171 e. The first kappa shape index (κ1) is 18.0. The Labute approximate surface area is 147 Å². The maximum Gasteiger partial charge on any atom is 0.171 e. The number of methoxy groups -OCH3 is 1. The van der Waals surface area contributed by atoms with Gasteiger partial charge < -0.3 is 20.1 Å². The number of halogens is 1. The van der Waals surface area contributed by atoms with E-state index in [-0.39, 0.29) is 11.9 Å². The molecule has 0 saturated heterocycles. The monoisotopic (exact) mass is 348 g/mol. The first-order valence-electron chi connectivity index (χ1n) is 7.62. The van der Waals surface area contributed by atoms with Crippen molar-refractivity contribution >= 4 is 23.0 Å². The molecule has 0 aliphatic carbocycles. The van der Waals surface area contributed by atoms with E-state index in [2.05, 4.69) is 10.6 Å². The van der Waals surface area contributed by atoms with Crippen LogP contribution in [0, 0.1) is 5.82 Å². The number of nitrogens with one attached hydrogen (secondary N) is 2. The van der Waals surface area contributed by atoms with Crippen LogP contribution in [0.4, 0.5) is 10.1 Å². The third kappa shape index (κ3) is 5.38. The number of rotatable bonds is 6. The number of thiocarbonyl (C=S) groups is 1. The van der Waals surface area contributed by atoms with E-state index in [4.69, 9.17) is 21.7 Å². The lowest BCUT2D eigenvalue weighted by Crippen LogP contribution is -2.27. The quantitative estimate of drug-likeness (QED) is 0.769. The highest BCUT2D eigenvalue weighted by molar-refractivity contribution is 7.80. The molecule has 0 aliphatic heterocycles. The standard InChI is InChI=1S/C18H21FN2O2S/c1-12(2)23-16-9-4-13(10-17(16)22-3)11-20-18(24)21-15-7-5-14(19)6-8-15/h4-10,12H,11H2,1-3H3,(H2,20,21,24). The van der Waals surface area contributed by atoms with E-state index in [1.54, 1.807) is 19.2 Å². The predicted molar refractivity (Wildman–Crippen MR) is 98.2 cm³/mol. The molecule has 0 aromatic heterocycles. The highest BCUT2D eigenvalue weighted by Crippen LogP contribution is 2.28. The van der Waals surface area contributed by atoms with Crippen LogP contribution in [0.25, 0.3) is 0 Å². The zero-order valence-corrected chi connectivity index (χ0v) is 14.7. The Bertz CT molecular complexity index is 690. The van der Waals surface area contributed by atoms with Gasteiger partial charge >= 0.3 is 0 Å². The summed E-state index contributed by atoms with van der Waals surface area (Å²) in [6, 6.07) is 11.8.